The number of nitrogens with one attached hydrogen (secondary N) is 2. The van der Waals surface area contributed by atoms with Crippen molar-refractivity contribution in [2.45, 2.75) is 23.6 Å². The largest absolute Gasteiger partial charge is 0.288 e. The summed E-state index contributed by atoms with van der Waals surface area (Å²) >= 11 is 0. The summed E-state index contributed by atoms with van der Waals surface area (Å²) < 4.78 is 0. The summed E-state index contributed by atoms with van der Waals surface area (Å²) in [6, 6.07) is 14.7. The van der Waals surface area contributed by atoms with Crippen LogP contribution in [0.2, 0.25) is 0 Å². The Morgan fingerprint density at radius 3 is 1.27 bits per heavy atom. The first kappa shape index (κ1) is 20.2. The van der Waals surface area contributed by atoms with Crippen molar-refractivity contribution in [3.63, 3.8) is 0 Å². The minimum atomic E-state index is -0.405. The highest BCUT2D eigenvalue weighted by molar-refractivity contribution is 8.76. The van der Waals surface area contributed by atoms with Crippen molar-refractivity contribution >= 4 is 56.4 Å². The second-order valence-electron chi connectivity index (χ2n) is 6.73. The van der Waals surface area contributed by atoms with Gasteiger partial charge in [-0.3, -0.25) is 29.8 Å². The lowest BCUT2D eigenvalue weighted by Crippen LogP contribution is -2.22. The number of imide groups is 2. The Morgan fingerprint density at radius 1 is 0.567 bits per heavy atom. The van der Waals surface area contributed by atoms with Crippen LogP contribution >= 0.6 is 21.6 Å². The van der Waals surface area contributed by atoms with Crippen LogP contribution in [0.3, 0.4) is 0 Å². The molecule has 0 fully saturated rings. The Hall–Kier alpha value is -3.10. The first-order valence-electron chi connectivity index (χ1n) is 9.05. The average Bonchev–Trinajstić information content (AvgIpc) is 3.13. The molecule has 0 aliphatic carbocycles. The van der Waals surface area contributed by atoms with Crippen molar-refractivity contribution in [2.24, 2.45) is 0 Å². The van der Waals surface area contributed by atoms with E-state index in [1.165, 1.54) is 21.6 Å². The minimum absolute atomic E-state index is 0.372. The molecule has 0 saturated carbocycles. The first-order chi connectivity index (χ1) is 14.4. The van der Waals surface area contributed by atoms with Crippen LogP contribution in [-0.4, -0.2) is 23.6 Å². The standard InChI is InChI=1S/C22H16N2O4S2/c1-11-17(21(27)23-19(11)25)13-7-3-5-9-15(13)29-30-16-10-6-4-8-14(16)18-12(2)20(26)24-22(18)28/h3-10H,1-2H3,(H,23,25,27)(H,24,26,28). The number of hydrogen-bond acceptors (Lipinski definition) is 6. The predicted octanol–water partition coefficient (Wildman–Crippen LogP) is 3.35. The van der Waals surface area contributed by atoms with E-state index in [0.29, 0.717) is 33.4 Å². The molecule has 2 heterocycles. The molecular weight excluding hydrogens is 420 g/mol. The van der Waals surface area contributed by atoms with Gasteiger partial charge in [-0.25, -0.2) is 0 Å². The molecule has 0 bridgehead atoms. The lowest BCUT2D eigenvalue weighted by atomic mass is 10.0. The Morgan fingerprint density at radius 2 is 0.933 bits per heavy atom. The van der Waals surface area contributed by atoms with Crippen molar-refractivity contribution < 1.29 is 19.2 Å². The van der Waals surface area contributed by atoms with Crippen LogP contribution in [0.4, 0.5) is 0 Å². The molecule has 0 atom stereocenters. The molecule has 6 nitrogen and oxygen atoms in total. The van der Waals surface area contributed by atoms with E-state index in [1.807, 2.05) is 48.5 Å². The van der Waals surface area contributed by atoms with Gasteiger partial charge in [0, 0.05) is 32.1 Å². The van der Waals surface area contributed by atoms with Crippen LogP contribution < -0.4 is 10.6 Å². The zero-order valence-corrected chi connectivity index (χ0v) is 17.7. The number of hydrogen-bond donors (Lipinski definition) is 2. The summed E-state index contributed by atoms with van der Waals surface area (Å²) in [6.45, 7) is 3.26. The lowest BCUT2D eigenvalue weighted by molar-refractivity contribution is -0.125. The van der Waals surface area contributed by atoms with Crippen LogP contribution in [0.1, 0.15) is 25.0 Å². The summed E-state index contributed by atoms with van der Waals surface area (Å²) in [5.41, 5.74) is 2.88. The third kappa shape index (κ3) is 3.48. The molecule has 150 valence electrons. The number of rotatable bonds is 5. The van der Waals surface area contributed by atoms with Crippen molar-refractivity contribution in [3.8, 4) is 0 Å². The van der Waals surface area contributed by atoms with Crippen LogP contribution in [0, 0.1) is 0 Å². The fourth-order valence-electron chi connectivity index (χ4n) is 3.32. The molecule has 8 heteroatoms. The minimum Gasteiger partial charge on any atom is -0.288 e. The van der Waals surface area contributed by atoms with Crippen LogP contribution in [-0.2, 0) is 19.2 Å². The van der Waals surface area contributed by atoms with Gasteiger partial charge in [-0.15, -0.1) is 0 Å². The summed E-state index contributed by atoms with van der Waals surface area (Å²) in [4.78, 5) is 49.9. The van der Waals surface area contributed by atoms with Gasteiger partial charge in [0.15, 0.2) is 0 Å². The first-order valence-corrected chi connectivity index (χ1v) is 11.2. The maximum atomic E-state index is 12.3. The van der Waals surface area contributed by atoms with E-state index in [4.69, 9.17) is 0 Å². The van der Waals surface area contributed by atoms with Gasteiger partial charge >= 0.3 is 0 Å². The molecule has 2 N–H and O–H groups in total. The molecule has 2 aromatic rings. The highest BCUT2D eigenvalue weighted by atomic mass is 33.1. The lowest BCUT2D eigenvalue weighted by Gasteiger charge is -2.12. The highest BCUT2D eigenvalue weighted by Gasteiger charge is 2.31. The number of amides is 4. The highest BCUT2D eigenvalue weighted by Crippen LogP contribution is 2.44. The second-order valence-corrected chi connectivity index (χ2v) is 8.94. The molecular formula is C22H16N2O4S2. The summed E-state index contributed by atoms with van der Waals surface area (Å²) in [5.74, 6) is -1.57. The van der Waals surface area contributed by atoms with E-state index >= 15 is 0 Å². The van der Waals surface area contributed by atoms with Gasteiger partial charge in [-0.1, -0.05) is 58.0 Å². The van der Waals surface area contributed by atoms with E-state index in [1.54, 1.807) is 13.8 Å². The van der Waals surface area contributed by atoms with Gasteiger partial charge in [-0.2, -0.15) is 0 Å². The zero-order chi connectivity index (χ0) is 21.4. The van der Waals surface area contributed by atoms with E-state index in [-0.39, 0.29) is 11.8 Å². The molecule has 2 aliphatic heterocycles. The third-order valence-corrected chi connectivity index (χ3v) is 7.36. The van der Waals surface area contributed by atoms with Crippen molar-refractivity contribution in [1.82, 2.24) is 10.6 Å². The number of carbonyl (C=O) groups is 4. The monoisotopic (exact) mass is 436 g/mol. The molecule has 0 spiro atoms. The normalized spacial score (nSPS) is 16.5. The smallest absolute Gasteiger partial charge is 0.259 e. The molecule has 30 heavy (non-hydrogen) atoms. The number of carbonyl (C=O) groups excluding carboxylic acids is 4. The molecule has 4 amide bonds. The van der Waals surface area contributed by atoms with E-state index in [0.717, 1.165) is 9.79 Å². The maximum absolute atomic E-state index is 12.3. The topological polar surface area (TPSA) is 92.3 Å². The Labute approximate surface area is 180 Å². The fraction of sp³-hybridized carbons (Fsp3) is 0.0909. The van der Waals surface area contributed by atoms with Gasteiger partial charge in [0.2, 0.25) is 0 Å². The van der Waals surface area contributed by atoms with E-state index in [2.05, 4.69) is 10.6 Å². The van der Waals surface area contributed by atoms with E-state index in [9.17, 15) is 19.2 Å². The van der Waals surface area contributed by atoms with Crippen molar-refractivity contribution in [2.75, 3.05) is 0 Å². The third-order valence-electron chi connectivity index (χ3n) is 4.87. The van der Waals surface area contributed by atoms with E-state index < -0.39 is 11.8 Å². The summed E-state index contributed by atoms with van der Waals surface area (Å²) in [6.07, 6.45) is 0. The van der Waals surface area contributed by atoms with Crippen LogP contribution in [0.15, 0.2) is 69.5 Å². The fourth-order valence-corrected chi connectivity index (χ4v) is 5.69. The van der Waals surface area contributed by atoms with Crippen molar-refractivity contribution in [3.05, 3.63) is 70.8 Å². The quantitative estimate of drug-likeness (QED) is 0.552. The number of benzene rings is 2. The Bertz CT molecular complexity index is 1100. The van der Waals surface area contributed by atoms with Gasteiger partial charge in [0.1, 0.15) is 0 Å². The average molecular weight is 437 g/mol. The van der Waals surface area contributed by atoms with Gasteiger partial charge in [0.05, 0.1) is 11.1 Å². The Balaban J connectivity index is 1.68. The molecule has 0 radical (unpaired) electrons. The van der Waals surface area contributed by atoms with Gasteiger partial charge in [-0.05, 0) is 26.0 Å². The molecule has 0 unspecified atom stereocenters. The van der Waals surface area contributed by atoms with Gasteiger partial charge < -0.3 is 0 Å². The molecule has 0 saturated heterocycles. The van der Waals surface area contributed by atoms with Crippen LogP contribution in [0.25, 0.3) is 11.1 Å². The predicted molar refractivity (Wildman–Crippen MR) is 116 cm³/mol. The second kappa shape index (κ2) is 7.97. The molecule has 4 rings (SSSR count). The van der Waals surface area contributed by atoms with Crippen LogP contribution in [0.5, 0.6) is 0 Å². The van der Waals surface area contributed by atoms with Crippen molar-refractivity contribution in [1.29, 1.82) is 0 Å². The maximum Gasteiger partial charge on any atom is 0.259 e. The Kier molecular flexibility index (Phi) is 5.36. The summed E-state index contributed by atoms with van der Waals surface area (Å²) in [5, 5.41) is 4.65. The summed E-state index contributed by atoms with van der Waals surface area (Å²) in [7, 11) is 2.84. The molecule has 2 aliphatic rings. The van der Waals surface area contributed by atoms with Gasteiger partial charge in [0.25, 0.3) is 23.6 Å². The molecule has 2 aromatic carbocycles. The SMILES string of the molecule is CC1=C(c2ccccc2SSc2ccccc2C2=C(C)C(=O)NC2=O)C(=O)NC1=O. The molecule has 0 aromatic heterocycles. The zero-order valence-electron chi connectivity index (χ0n) is 16.1.